The average Bonchev–Trinajstić information content (AvgIpc) is 3.18. The van der Waals surface area contributed by atoms with Gasteiger partial charge in [-0.15, -0.1) is 0 Å². The van der Waals surface area contributed by atoms with Gasteiger partial charge < -0.3 is 14.4 Å². The van der Waals surface area contributed by atoms with Gasteiger partial charge in [0.25, 0.3) is 5.91 Å². The lowest BCUT2D eigenvalue weighted by atomic mass is 10.0. The monoisotopic (exact) mass is 366 g/mol. The highest BCUT2D eigenvalue weighted by Gasteiger charge is 2.21. The van der Waals surface area contributed by atoms with Gasteiger partial charge in [-0.05, 0) is 57.4 Å². The second kappa shape index (κ2) is 7.39. The molecule has 0 aliphatic rings. The Bertz CT molecular complexity index is 968. The first-order chi connectivity index (χ1) is 12.8. The third-order valence-corrected chi connectivity index (χ3v) is 4.73. The molecule has 0 aliphatic heterocycles. The third-order valence-electron chi connectivity index (χ3n) is 4.73. The molecule has 1 unspecified atom stereocenters. The predicted molar refractivity (Wildman–Crippen MR) is 104 cm³/mol. The number of carbonyl (C=O) groups is 1. The van der Waals surface area contributed by atoms with Crippen molar-refractivity contribution in [2.45, 2.75) is 53.5 Å². The van der Waals surface area contributed by atoms with Crippen molar-refractivity contribution < 1.29 is 9.32 Å². The lowest BCUT2D eigenvalue weighted by Crippen LogP contribution is -2.27. The number of amides is 1. The molecular weight excluding hydrogens is 340 g/mol. The van der Waals surface area contributed by atoms with E-state index in [1.807, 2.05) is 26.8 Å². The van der Waals surface area contributed by atoms with Crippen LogP contribution in [0.25, 0.3) is 5.69 Å². The second-order valence-electron chi connectivity index (χ2n) is 7.24. The molecule has 1 atom stereocenters. The van der Waals surface area contributed by atoms with E-state index in [4.69, 9.17) is 4.52 Å². The number of rotatable bonds is 5. The molecule has 6 heteroatoms. The number of hydrogen-bond acceptors (Lipinski definition) is 4. The molecule has 0 saturated carbocycles. The Kier molecular flexibility index (Phi) is 5.17. The van der Waals surface area contributed by atoms with E-state index in [1.165, 1.54) is 5.56 Å². The minimum Gasteiger partial charge on any atom is -0.340 e. The molecule has 1 N–H and O–H groups in total. The van der Waals surface area contributed by atoms with E-state index in [0.29, 0.717) is 23.2 Å². The van der Waals surface area contributed by atoms with E-state index in [-0.39, 0.29) is 11.9 Å². The van der Waals surface area contributed by atoms with Crippen LogP contribution in [0.15, 0.2) is 34.9 Å². The quantitative estimate of drug-likeness (QED) is 0.726. The number of nitrogens with zero attached hydrogens (tertiary/aromatic N) is 3. The van der Waals surface area contributed by atoms with Gasteiger partial charge in [0, 0.05) is 17.1 Å². The zero-order valence-electron chi connectivity index (χ0n) is 16.7. The lowest BCUT2D eigenvalue weighted by Gasteiger charge is -2.14. The smallest absolute Gasteiger partial charge is 0.253 e. The van der Waals surface area contributed by atoms with Crippen LogP contribution >= 0.6 is 0 Å². The molecule has 0 spiro atoms. The maximum atomic E-state index is 12.8. The fourth-order valence-electron chi connectivity index (χ4n) is 3.24. The van der Waals surface area contributed by atoms with Gasteiger partial charge in [-0.25, -0.2) is 0 Å². The van der Waals surface area contributed by atoms with Gasteiger partial charge in [-0.1, -0.05) is 31.1 Å². The minimum absolute atomic E-state index is 0.155. The highest BCUT2D eigenvalue weighted by molar-refractivity contribution is 5.96. The zero-order valence-corrected chi connectivity index (χ0v) is 16.7. The summed E-state index contributed by atoms with van der Waals surface area (Å²) in [6.07, 6.45) is 0. The van der Waals surface area contributed by atoms with Crippen LogP contribution in [0.3, 0.4) is 0 Å². The van der Waals surface area contributed by atoms with Crippen molar-refractivity contribution in [2.24, 2.45) is 0 Å². The van der Waals surface area contributed by atoms with Gasteiger partial charge >= 0.3 is 0 Å². The van der Waals surface area contributed by atoms with Crippen LogP contribution < -0.4 is 5.32 Å². The molecule has 1 amide bonds. The van der Waals surface area contributed by atoms with Crippen molar-refractivity contribution in [3.8, 4) is 5.69 Å². The normalized spacial score (nSPS) is 12.4. The van der Waals surface area contributed by atoms with Crippen molar-refractivity contribution >= 4 is 5.91 Å². The largest absolute Gasteiger partial charge is 0.340 e. The van der Waals surface area contributed by atoms with Crippen LogP contribution in [0.2, 0.25) is 0 Å². The first kappa shape index (κ1) is 18.9. The molecular formula is C21H26N4O2. The zero-order chi connectivity index (χ0) is 19.7. The van der Waals surface area contributed by atoms with Gasteiger partial charge in [-0.3, -0.25) is 4.79 Å². The molecule has 0 radical (unpaired) electrons. The highest BCUT2D eigenvalue weighted by atomic mass is 16.5. The fraction of sp³-hybridized carbons (Fsp3) is 0.381. The van der Waals surface area contributed by atoms with Crippen molar-refractivity contribution in [1.82, 2.24) is 20.0 Å². The summed E-state index contributed by atoms with van der Waals surface area (Å²) >= 11 is 0. The Balaban J connectivity index is 1.89. The van der Waals surface area contributed by atoms with Crippen LogP contribution in [-0.4, -0.2) is 20.6 Å². The van der Waals surface area contributed by atoms with Crippen molar-refractivity contribution in [3.05, 3.63) is 64.6 Å². The van der Waals surface area contributed by atoms with Crippen LogP contribution in [-0.2, 0) is 0 Å². The molecule has 0 saturated heterocycles. The standard InChI is InChI=1S/C21H26N4O2/c1-12(2)17-8-7-9-18(11-17)25-13(3)10-19(15(25)5)20(26)22-14(4)21-23-16(6)24-27-21/h7-12,14H,1-6H3,(H,22,26). The molecule has 0 aliphatic carbocycles. The highest BCUT2D eigenvalue weighted by Crippen LogP contribution is 2.24. The van der Waals surface area contributed by atoms with E-state index in [0.717, 1.165) is 17.1 Å². The summed E-state index contributed by atoms with van der Waals surface area (Å²) in [7, 11) is 0. The molecule has 142 valence electrons. The van der Waals surface area contributed by atoms with Crippen LogP contribution in [0, 0.1) is 20.8 Å². The molecule has 0 fully saturated rings. The van der Waals surface area contributed by atoms with E-state index >= 15 is 0 Å². The number of aromatic nitrogens is 3. The molecule has 3 rings (SSSR count). The maximum Gasteiger partial charge on any atom is 0.253 e. The second-order valence-corrected chi connectivity index (χ2v) is 7.24. The van der Waals surface area contributed by atoms with Gasteiger partial charge in [0.15, 0.2) is 5.82 Å². The van der Waals surface area contributed by atoms with Crippen LogP contribution in [0.5, 0.6) is 0 Å². The number of carbonyl (C=O) groups excluding carboxylic acids is 1. The van der Waals surface area contributed by atoms with Gasteiger partial charge in [0.2, 0.25) is 5.89 Å². The molecule has 2 aromatic heterocycles. The number of hydrogen-bond donors (Lipinski definition) is 1. The first-order valence-electron chi connectivity index (χ1n) is 9.18. The lowest BCUT2D eigenvalue weighted by molar-refractivity contribution is 0.0932. The van der Waals surface area contributed by atoms with Crippen LogP contribution in [0.1, 0.15) is 71.8 Å². The van der Waals surface area contributed by atoms with Crippen molar-refractivity contribution in [3.63, 3.8) is 0 Å². The summed E-state index contributed by atoms with van der Waals surface area (Å²) in [5, 5.41) is 6.71. The Morgan fingerprint density at radius 1 is 1.15 bits per heavy atom. The SMILES string of the molecule is Cc1noc(C(C)NC(=O)c2cc(C)n(-c3cccc(C(C)C)c3)c2C)n1. The molecule has 27 heavy (non-hydrogen) atoms. The summed E-state index contributed by atoms with van der Waals surface area (Å²) in [6.45, 7) is 11.9. The minimum atomic E-state index is -0.356. The Labute approximate surface area is 159 Å². The Hall–Kier alpha value is -2.89. The number of nitrogens with one attached hydrogen (secondary N) is 1. The van der Waals surface area contributed by atoms with Crippen molar-refractivity contribution in [1.29, 1.82) is 0 Å². The summed E-state index contributed by atoms with van der Waals surface area (Å²) in [5.41, 5.74) is 4.90. The average molecular weight is 366 g/mol. The Morgan fingerprint density at radius 2 is 1.89 bits per heavy atom. The molecule has 0 bridgehead atoms. The summed E-state index contributed by atoms with van der Waals surface area (Å²) in [6, 6.07) is 9.99. The molecule has 1 aromatic carbocycles. The molecule has 2 heterocycles. The first-order valence-corrected chi connectivity index (χ1v) is 9.18. The van der Waals surface area contributed by atoms with E-state index in [1.54, 1.807) is 6.92 Å². The number of benzene rings is 1. The van der Waals surface area contributed by atoms with E-state index in [9.17, 15) is 4.79 Å². The van der Waals surface area contributed by atoms with Crippen molar-refractivity contribution in [2.75, 3.05) is 0 Å². The predicted octanol–water partition coefficient (Wildman–Crippen LogP) is 4.40. The summed E-state index contributed by atoms with van der Waals surface area (Å²) in [4.78, 5) is 17.0. The Morgan fingerprint density at radius 3 is 2.52 bits per heavy atom. The van der Waals surface area contributed by atoms with Gasteiger partial charge in [0.1, 0.15) is 6.04 Å². The van der Waals surface area contributed by atoms with Gasteiger partial charge in [0.05, 0.1) is 5.56 Å². The third kappa shape index (κ3) is 3.79. The maximum absolute atomic E-state index is 12.8. The van der Waals surface area contributed by atoms with Crippen LogP contribution in [0.4, 0.5) is 0 Å². The number of aryl methyl sites for hydroxylation is 2. The van der Waals surface area contributed by atoms with E-state index in [2.05, 4.69) is 58.1 Å². The molecule has 3 aromatic rings. The topological polar surface area (TPSA) is 73.0 Å². The summed E-state index contributed by atoms with van der Waals surface area (Å²) in [5.74, 6) is 1.24. The fourth-order valence-corrected chi connectivity index (χ4v) is 3.24. The van der Waals surface area contributed by atoms with E-state index < -0.39 is 0 Å². The summed E-state index contributed by atoms with van der Waals surface area (Å²) < 4.78 is 7.26. The van der Waals surface area contributed by atoms with Gasteiger partial charge in [-0.2, -0.15) is 4.98 Å². The molecule has 6 nitrogen and oxygen atoms in total.